The average Bonchev–Trinajstić information content (AvgIpc) is 2.77. The van der Waals surface area contributed by atoms with Crippen LogP contribution in [0.4, 0.5) is 0 Å². The molecule has 0 aromatic carbocycles. The Morgan fingerprint density at radius 3 is 2.95 bits per heavy atom. The van der Waals surface area contributed by atoms with E-state index in [-0.39, 0.29) is 0 Å². The van der Waals surface area contributed by atoms with Crippen molar-refractivity contribution in [3.05, 3.63) is 11.9 Å². The van der Waals surface area contributed by atoms with E-state index in [0.717, 1.165) is 31.2 Å². The van der Waals surface area contributed by atoms with Gasteiger partial charge in [-0.3, -0.25) is 9.58 Å². The molecule has 0 radical (unpaired) electrons. The van der Waals surface area contributed by atoms with Crippen LogP contribution in [0.1, 0.15) is 38.8 Å². The van der Waals surface area contributed by atoms with Crippen molar-refractivity contribution in [2.75, 3.05) is 19.6 Å². The summed E-state index contributed by atoms with van der Waals surface area (Å²) >= 11 is 0. The van der Waals surface area contributed by atoms with Gasteiger partial charge in [0.05, 0.1) is 5.69 Å². The summed E-state index contributed by atoms with van der Waals surface area (Å²) < 4.78 is 1.78. The van der Waals surface area contributed by atoms with E-state index in [0.29, 0.717) is 6.04 Å². The zero-order valence-electron chi connectivity index (χ0n) is 12.5. The lowest BCUT2D eigenvalue weighted by atomic mass is 10.0. The predicted molar refractivity (Wildman–Crippen MR) is 76.8 cm³/mol. The number of rotatable bonds is 6. The summed E-state index contributed by atoms with van der Waals surface area (Å²) in [6.07, 6.45) is 5.98. The van der Waals surface area contributed by atoms with Gasteiger partial charge in [0.2, 0.25) is 0 Å². The van der Waals surface area contributed by atoms with Crippen molar-refractivity contribution in [1.82, 2.24) is 25.2 Å². The fraction of sp³-hybridized carbons (Fsp3) is 0.857. The van der Waals surface area contributed by atoms with Crippen LogP contribution in [0.5, 0.6) is 0 Å². The summed E-state index contributed by atoms with van der Waals surface area (Å²) in [5.41, 5.74) is 1.08. The van der Waals surface area contributed by atoms with Crippen LogP contribution in [-0.2, 0) is 13.6 Å². The van der Waals surface area contributed by atoms with Gasteiger partial charge in [-0.1, -0.05) is 25.5 Å². The Morgan fingerprint density at radius 2 is 2.26 bits per heavy atom. The van der Waals surface area contributed by atoms with Gasteiger partial charge >= 0.3 is 0 Å². The van der Waals surface area contributed by atoms with E-state index < -0.39 is 0 Å². The Balaban J connectivity index is 1.84. The van der Waals surface area contributed by atoms with Gasteiger partial charge in [0, 0.05) is 32.4 Å². The number of nitrogens with zero attached hydrogens (tertiary/aromatic N) is 4. The first kappa shape index (κ1) is 14.5. The van der Waals surface area contributed by atoms with Crippen molar-refractivity contribution in [2.24, 2.45) is 13.0 Å². The lowest BCUT2D eigenvalue weighted by molar-refractivity contribution is 0.135. The third kappa shape index (κ3) is 4.58. The molecular weight excluding hydrogens is 238 g/mol. The molecular formula is C14H27N5. The average molecular weight is 265 g/mol. The molecule has 1 aliphatic rings. The third-order valence-corrected chi connectivity index (χ3v) is 3.70. The number of likely N-dealkylation sites (tertiary alicyclic amines) is 1. The molecule has 5 nitrogen and oxygen atoms in total. The van der Waals surface area contributed by atoms with Crippen LogP contribution in [0, 0.1) is 5.92 Å². The summed E-state index contributed by atoms with van der Waals surface area (Å²) in [4.78, 5) is 2.56. The molecule has 1 fully saturated rings. The smallest absolute Gasteiger partial charge is 0.0967 e. The van der Waals surface area contributed by atoms with Crippen LogP contribution in [0.15, 0.2) is 6.20 Å². The molecule has 2 heterocycles. The summed E-state index contributed by atoms with van der Waals surface area (Å²) in [6, 6.07) is 0.648. The molecule has 1 atom stereocenters. The Kier molecular flexibility index (Phi) is 5.34. The molecule has 1 aromatic rings. The fourth-order valence-corrected chi connectivity index (χ4v) is 2.71. The van der Waals surface area contributed by atoms with E-state index in [4.69, 9.17) is 0 Å². The zero-order valence-corrected chi connectivity index (χ0v) is 12.5. The standard InChI is InChI=1S/C14H27N5/c1-12(2)8-15-9-14-6-4-5-7-19(14)11-13-10-18(3)17-16-13/h10,12,14-15H,4-9,11H2,1-3H3. The quantitative estimate of drug-likeness (QED) is 0.845. The van der Waals surface area contributed by atoms with Crippen LogP contribution in [0.2, 0.25) is 0 Å². The van der Waals surface area contributed by atoms with Gasteiger partial charge in [-0.15, -0.1) is 5.10 Å². The van der Waals surface area contributed by atoms with Crippen LogP contribution in [0.3, 0.4) is 0 Å². The second kappa shape index (κ2) is 7.01. The molecule has 1 saturated heterocycles. The van der Waals surface area contributed by atoms with E-state index in [1.165, 1.54) is 25.8 Å². The van der Waals surface area contributed by atoms with Crippen molar-refractivity contribution in [1.29, 1.82) is 0 Å². The normalized spacial score (nSPS) is 21.2. The molecule has 0 saturated carbocycles. The summed E-state index contributed by atoms with van der Waals surface area (Å²) in [5.74, 6) is 0.719. The maximum atomic E-state index is 4.20. The van der Waals surface area contributed by atoms with Crippen molar-refractivity contribution in [2.45, 2.75) is 45.7 Å². The first-order valence-electron chi connectivity index (χ1n) is 7.45. The lowest BCUT2D eigenvalue weighted by Crippen LogP contribution is -2.45. The molecule has 0 spiro atoms. The molecule has 1 aliphatic heterocycles. The van der Waals surface area contributed by atoms with Crippen molar-refractivity contribution < 1.29 is 0 Å². The maximum Gasteiger partial charge on any atom is 0.0967 e. The van der Waals surface area contributed by atoms with E-state index >= 15 is 0 Å². The van der Waals surface area contributed by atoms with Crippen LogP contribution >= 0.6 is 0 Å². The van der Waals surface area contributed by atoms with Crippen molar-refractivity contribution >= 4 is 0 Å². The SMILES string of the molecule is CC(C)CNCC1CCCCN1Cc1cn(C)nn1. The zero-order chi connectivity index (χ0) is 13.7. The van der Waals surface area contributed by atoms with Crippen molar-refractivity contribution in [3.63, 3.8) is 0 Å². The monoisotopic (exact) mass is 265 g/mol. The second-order valence-corrected chi connectivity index (χ2v) is 6.06. The van der Waals surface area contributed by atoms with E-state index in [1.807, 2.05) is 13.2 Å². The van der Waals surface area contributed by atoms with Crippen LogP contribution in [0.25, 0.3) is 0 Å². The Hall–Kier alpha value is -0.940. The summed E-state index contributed by atoms with van der Waals surface area (Å²) in [5, 5.41) is 11.8. The minimum atomic E-state index is 0.648. The van der Waals surface area contributed by atoms with Crippen LogP contribution in [-0.4, -0.2) is 45.6 Å². The number of hydrogen-bond donors (Lipinski definition) is 1. The Labute approximate surface area is 116 Å². The second-order valence-electron chi connectivity index (χ2n) is 6.06. The fourth-order valence-electron chi connectivity index (χ4n) is 2.71. The van der Waals surface area contributed by atoms with Gasteiger partial charge in [-0.05, 0) is 31.8 Å². The molecule has 0 bridgehead atoms. The summed E-state index contributed by atoms with van der Waals surface area (Å²) in [6.45, 7) is 8.83. The largest absolute Gasteiger partial charge is 0.315 e. The first-order valence-corrected chi connectivity index (χ1v) is 7.45. The predicted octanol–water partition coefficient (Wildman–Crippen LogP) is 1.42. The van der Waals surface area contributed by atoms with Gasteiger partial charge in [-0.25, -0.2) is 0 Å². The van der Waals surface area contributed by atoms with Gasteiger partial charge in [0.25, 0.3) is 0 Å². The molecule has 1 N–H and O–H groups in total. The number of hydrogen-bond acceptors (Lipinski definition) is 4. The topological polar surface area (TPSA) is 46.0 Å². The highest BCUT2D eigenvalue weighted by atomic mass is 15.4. The highest BCUT2D eigenvalue weighted by molar-refractivity contribution is 4.94. The third-order valence-electron chi connectivity index (χ3n) is 3.70. The molecule has 19 heavy (non-hydrogen) atoms. The van der Waals surface area contributed by atoms with Gasteiger partial charge in [0.1, 0.15) is 0 Å². The number of nitrogens with one attached hydrogen (secondary N) is 1. The van der Waals surface area contributed by atoms with E-state index in [2.05, 4.69) is 34.4 Å². The Bertz CT molecular complexity index is 374. The molecule has 2 rings (SSSR count). The highest BCUT2D eigenvalue weighted by Gasteiger charge is 2.22. The van der Waals surface area contributed by atoms with E-state index in [9.17, 15) is 0 Å². The van der Waals surface area contributed by atoms with Crippen LogP contribution < -0.4 is 5.32 Å². The number of piperidine rings is 1. The van der Waals surface area contributed by atoms with E-state index in [1.54, 1.807) is 4.68 Å². The molecule has 5 heteroatoms. The number of aryl methyl sites for hydroxylation is 1. The first-order chi connectivity index (χ1) is 9.15. The number of aromatic nitrogens is 3. The molecule has 0 amide bonds. The van der Waals surface area contributed by atoms with Crippen molar-refractivity contribution in [3.8, 4) is 0 Å². The summed E-state index contributed by atoms with van der Waals surface area (Å²) in [7, 11) is 1.92. The van der Waals surface area contributed by atoms with Gasteiger partial charge < -0.3 is 5.32 Å². The molecule has 1 unspecified atom stereocenters. The lowest BCUT2D eigenvalue weighted by Gasteiger charge is -2.35. The molecule has 108 valence electrons. The minimum Gasteiger partial charge on any atom is -0.315 e. The molecule has 0 aliphatic carbocycles. The maximum absolute atomic E-state index is 4.20. The minimum absolute atomic E-state index is 0.648. The highest BCUT2D eigenvalue weighted by Crippen LogP contribution is 2.18. The Morgan fingerprint density at radius 1 is 1.42 bits per heavy atom. The van der Waals surface area contributed by atoms with Gasteiger partial charge in [-0.2, -0.15) is 0 Å². The molecule has 1 aromatic heterocycles. The van der Waals surface area contributed by atoms with Gasteiger partial charge in [0.15, 0.2) is 0 Å².